The first kappa shape index (κ1) is 25.7. The number of carbonyl (C=O) groups excluding carboxylic acids is 1. The molecule has 0 spiro atoms. The minimum atomic E-state index is 0. The number of nitrogens with zero attached hydrogens (tertiary/aromatic N) is 5. The highest BCUT2D eigenvalue weighted by Crippen LogP contribution is 2.19. The predicted molar refractivity (Wildman–Crippen MR) is 129 cm³/mol. The minimum absolute atomic E-state index is 0. The smallest absolute Gasteiger partial charge is 0.242 e. The molecule has 1 amide bonds. The number of H-pyrrole nitrogens is 1. The highest BCUT2D eigenvalue weighted by Gasteiger charge is 2.15. The SMILES string of the molecule is CCNC(=NCc1nc(-c2ccc(OC)cc2)n[nH]1)N(C)CC(=O)N(CC)CC.I. The number of amides is 1. The van der Waals surface area contributed by atoms with E-state index in [4.69, 9.17) is 4.74 Å². The Hall–Kier alpha value is -2.37. The summed E-state index contributed by atoms with van der Waals surface area (Å²) in [5.41, 5.74) is 0.895. The van der Waals surface area contributed by atoms with E-state index in [0.717, 1.165) is 11.3 Å². The topological polar surface area (TPSA) is 98.7 Å². The Morgan fingerprint density at radius 2 is 1.87 bits per heavy atom. The van der Waals surface area contributed by atoms with E-state index in [1.54, 1.807) is 12.0 Å². The van der Waals surface area contributed by atoms with E-state index in [0.29, 0.717) is 43.8 Å². The van der Waals surface area contributed by atoms with Crippen LogP contribution < -0.4 is 10.1 Å². The van der Waals surface area contributed by atoms with Crippen LogP contribution in [0.15, 0.2) is 29.3 Å². The van der Waals surface area contributed by atoms with Gasteiger partial charge in [-0.1, -0.05) is 0 Å². The van der Waals surface area contributed by atoms with E-state index in [9.17, 15) is 4.79 Å². The van der Waals surface area contributed by atoms with Crippen molar-refractivity contribution in [2.75, 3.05) is 40.3 Å². The highest BCUT2D eigenvalue weighted by atomic mass is 127. The number of rotatable bonds is 9. The molecule has 9 nitrogen and oxygen atoms in total. The predicted octanol–water partition coefficient (Wildman–Crippen LogP) is 2.36. The molecule has 10 heteroatoms. The molecule has 0 unspecified atom stereocenters. The summed E-state index contributed by atoms with van der Waals surface area (Å²) in [5, 5.41) is 10.4. The number of hydrogen-bond donors (Lipinski definition) is 2. The van der Waals surface area contributed by atoms with Gasteiger partial charge in [0.05, 0.1) is 13.7 Å². The van der Waals surface area contributed by atoms with Gasteiger partial charge >= 0.3 is 0 Å². The van der Waals surface area contributed by atoms with Crippen LogP contribution in [0.1, 0.15) is 26.6 Å². The fraction of sp³-hybridized carbons (Fsp3) is 0.500. The van der Waals surface area contributed by atoms with Crippen LogP contribution in [-0.4, -0.2) is 77.2 Å². The van der Waals surface area contributed by atoms with Crippen LogP contribution >= 0.6 is 24.0 Å². The van der Waals surface area contributed by atoms with E-state index in [2.05, 4.69) is 25.5 Å². The van der Waals surface area contributed by atoms with Crippen LogP contribution in [-0.2, 0) is 11.3 Å². The van der Waals surface area contributed by atoms with E-state index in [1.807, 2.05) is 57.0 Å². The molecule has 0 aliphatic rings. The van der Waals surface area contributed by atoms with Crippen LogP contribution in [0.3, 0.4) is 0 Å². The second-order valence-corrected chi connectivity index (χ2v) is 6.43. The average molecular weight is 529 g/mol. The van der Waals surface area contributed by atoms with Gasteiger partial charge in [0.15, 0.2) is 11.8 Å². The lowest BCUT2D eigenvalue weighted by molar-refractivity contribution is -0.131. The van der Waals surface area contributed by atoms with E-state index in [-0.39, 0.29) is 36.4 Å². The van der Waals surface area contributed by atoms with Crippen molar-refractivity contribution < 1.29 is 9.53 Å². The summed E-state index contributed by atoms with van der Waals surface area (Å²) >= 11 is 0. The van der Waals surface area contributed by atoms with Crippen molar-refractivity contribution in [2.24, 2.45) is 4.99 Å². The first-order valence-electron chi connectivity index (χ1n) is 9.85. The zero-order chi connectivity index (χ0) is 21.2. The third-order valence-electron chi connectivity index (χ3n) is 4.44. The summed E-state index contributed by atoms with van der Waals surface area (Å²) in [7, 11) is 3.48. The number of aromatic nitrogens is 3. The molecule has 0 atom stereocenters. The molecule has 1 heterocycles. The number of ether oxygens (including phenoxy) is 1. The van der Waals surface area contributed by atoms with Gasteiger partial charge in [0.2, 0.25) is 5.91 Å². The summed E-state index contributed by atoms with van der Waals surface area (Å²) < 4.78 is 5.17. The first-order valence-corrected chi connectivity index (χ1v) is 9.85. The Morgan fingerprint density at radius 1 is 1.20 bits per heavy atom. The summed E-state index contributed by atoms with van der Waals surface area (Å²) in [4.78, 5) is 25.1. The molecule has 0 aliphatic carbocycles. The molecule has 166 valence electrons. The Balaban J connectivity index is 0.00000450. The lowest BCUT2D eigenvalue weighted by Crippen LogP contribution is -2.45. The standard InChI is InChI=1S/C20H31N7O2.HI/c1-6-21-20(26(4)14-18(28)27(7-2)8-3)22-13-17-23-19(25-24-17)15-9-11-16(29-5)12-10-15;/h9-12H,6-8,13-14H2,1-5H3,(H,21,22)(H,23,24,25);1H. The molecule has 0 saturated heterocycles. The third kappa shape index (κ3) is 7.15. The molecule has 2 aromatic rings. The lowest BCUT2D eigenvalue weighted by Gasteiger charge is -2.25. The number of carbonyl (C=O) groups is 1. The molecule has 0 bridgehead atoms. The molecular formula is C20H32IN7O2. The van der Waals surface area contributed by atoms with Crippen LogP contribution in [0.4, 0.5) is 0 Å². The molecule has 30 heavy (non-hydrogen) atoms. The van der Waals surface area contributed by atoms with Gasteiger partial charge in [-0.05, 0) is 45.0 Å². The second kappa shape index (κ2) is 13.0. The maximum Gasteiger partial charge on any atom is 0.242 e. The van der Waals surface area contributed by atoms with Crippen molar-refractivity contribution in [1.29, 1.82) is 0 Å². The maximum absolute atomic E-state index is 12.4. The summed E-state index contributed by atoms with van der Waals surface area (Å²) in [6.45, 7) is 8.64. The maximum atomic E-state index is 12.4. The fourth-order valence-electron chi connectivity index (χ4n) is 2.81. The number of halogens is 1. The van der Waals surface area contributed by atoms with Gasteiger partial charge in [0, 0.05) is 32.2 Å². The first-order chi connectivity index (χ1) is 14.0. The van der Waals surface area contributed by atoms with Crippen LogP contribution in [0, 0.1) is 0 Å². The van der Waals surface area contributed by atoms with E-state index < -0.39 is 0 Å². The number of nitrogens with one attached hydrogen (secondary N) is 2. The Morgan fingerprint density at radius 3 is 2.43 bits per heavy atom. The van der Waals surface area contributed by atoms with E-state index in [1.165, 1.54) is 0 Å². The fourth-order valence-corrected chi connectivity index (χ4v) is 2.81. The number of aromatic amines is 1. The van der Waals surface area contributed by atoms with Crippen molar-refractivity contribution in [1.82, 2.24) is 30.3 Å². The molecule has 0 saturated carbocycles. The van der Waals surface area contributed by atoms with Gasteiger partial charge in [0.25, 0.3) is 0 Å². The van der Waals surface area contributed by atoms with Gasteiger partial charge in [-0.3, -0.25) is 9.89 Å². The molecule has 0 radical (unpaired) electrons. The Bertz CT molecular complexity index is 804. The Labute approximate surface area is 195 Å². The van der Waals surface area contributed by atoms with Crippen molar-refractivity contribution in [3.05, 3.63) is 30.1 Å². The summed E-state index contributed by atoms with van der Waals surface area (Å²) in [6.07, 6.45) is 0. The number of aliphatic imine (C=N–C) groups is 1. The molecule has 0 aliphatic heterocycles. The zero-order valence-electron chi connectivity index (χ0n) is 18.3. The number of hydrogen-bond acceptors (Lipinski definition) is 5. The highest BCUT2D eigenvalue weighted by molar-refractivity contribution is 14.0. The van der Waals surface area contributed by atoms with Gasteiger partial charge in [-0.2, -0.15) is 5.10 Å². The Kier molecular flexibility index (Phi) is 11.2. The molecular weight excluding hydrogens is 497 g/mol. The van der Waals surface area contributed by atoms with Crippen molar-refractivity contribution in [2.45, 2.75) is 27.3 Å². The average Bonchev–Trinajstić information content (AvgIpc) is 3.21. The minimum Gasteiger partial charge on any atom is -0.497 e. The monoisotopic (exact) mass is 529 g/mol. The number of likely N-dealkylation sites (N-methyl/N-ethyl adjacent to an activating group) is 2. The summed E-state index contributed by atoms with van der Waals surface area (Å²) in [5.74, 6) is 2.76. The normalized spacial score (nSPS) is 10.9. The van der Waals surface area contributed by atoms with Crippen molar-refractivity contribution in [3.8, 4) is 17.1 Å². The van der Waals surface area contributed by atoms with Gasteiger partial charge < -0.3 is 19.9 Å². The second-order valence-electron chi connectivity index (χ2n) is 6.43. The van der Waals surface area contributed by atoms with Gasteiger partial charge in [-0.15, -0.1) is 24.0 Å². The number of methoxy groups -OCH3 is 1. The molecule has 0 fully saturated rings. The largest absolute Gasteiger partial charge is 0.497 e. The third-order valence-corrected chi connectivity index (χ3v) is 4.44. The number of guanidine groups is 1. The van der Waals surface area contributed by atoms with Crippen LogP contribution in [0.2, 0.25) is 0 Å². The van der Waals surface area contributed by atoms with Gasteiger partial charge in [-0.25, -0.2) is 9.98 Å². The summed E-state index contributed by atoms with van der Waals surface area (Å²) in [6, 6.07) is 7.56. The van der Waals surface area contributed by atoms with Crippen LogP contribution in [0.25, 0.3) is 11.4 Å². The van der Waals surface area contributed by atoms with Crippen molar-refractivity contribution >= 4 is 35.8 Å². The molecule has 2 rings (SSSR count). The molecule has 2 N–H and O–H groups in total. The van der Waals surface area contributed by atoms with Crippen LogP contribution in [0.5, 0.6) is 5.75 Å². The molecule has 1 aromatic heterocycles. The lowest BCUT2D eigenvalue weighted by atomic mass is 10.2. The quantitative estimate of drug-likeness (QED) is 0.294. The van der Waals surface area contributed by atoms with E-state index >= 15 is 0 Å². The zero-order valence-corrected chi connectivity index (χ0v) is 20.6. The van der Waals surface area contributed by atoms with Gasteiger partial charge in [0.1, 0.15) is 18.1 Å². The number of benzene rings is 1. The van der Waals surface area contributed by atoms with Crippen molar-refractivity contribution in [3.63, 3.8) is 0 Å². The molecule has 1 aromatic carbocycles.